The van der Waals surface area contributed by atoms with E-state index in [-0.39, 0.29) is 80.7 Å². The van der Waals surface area contributed by atoms with E-state index in [0.29, 0.717) is 64.9 Å². The van der Waals surface area contributed by atoms with Gasteiger partial charge in [-0.05, 0) is 110 Å². The number of benzene rings is 3. The van der Waals surface area contributed by atoms with Gasteiger partial charge in [-0.2, -0.15) is 18.2 Å². The number of hydrogen-bond donors (Lipinski definition) is 1. The summed E-state index contributed by atoms with van der Waals surface area (Å²) in [6.45, 7) is 18.4. The first-order valence-corrected chi connectivity index (χ1v) is 28.2. The summed E-state index contributed by atoms with van der Waals surface area (Å²) in [7, 11) is -7.73. The normalized spacial score (nSPS) is 16.3. The van der Waals surface area contributed by atoms with Crippen molar-refractivity contribution in [1.82, 2.24) is 5.32 Å². The van der Waals surface area contributed by atoms with Gasteiger partial charge in [0.1, 0.15) is 33.9 Å². The molecule has 0 unspecified atom stereocenters. The smallest absolute Gasteiger partial charge is 0.744 e. The van der Waals surface area contributed by atoms with Crippen molar-refractivity contribution in [2.75, 3.05) is 70.7 Å². The van der Waals surface area contributed by atoms with Gasteiger partial charge in [-0.3, -0.25) is 4.79 Å². The Hall–Kier alpha value is -3.92. The maximum atomic E-state index is 12.7. The molecule has 0 atom stereocenters. The van der Waals surface area contributed by atoms with Crippen LogP contribution in [0, 0.1) is 13.0 Å². The molecular formula is C56H73N6Na2O11S2+. The second-order valence-corrected chi connectivity index (χ2v) is 21.4. The van der Waals surface area contributed by atoms with Crippen LogP contribution >= 0.6 is 0 Å². The van der Waals surface area contributed by atoms with Gasteiger partial charge in [-0.1, -0.05) is 81.9 Å². The third kappa shape index (κ3) is 20.3. The number of azide groups is 1. The minimum Gasteiger partial charge on any atom is -0.744 e. The fourth-order valence-electron chi connectivity index (χ4n) is 9.63. The molecule has 3 aromatic rings. The van der Waals surface area contributed by atoms with Gasteiger partial charge < -0.3 is 33.7 Å². The maximum absolute atomic E-state index is 12.7. The van der Waals surface area contributed by atoms with Gasteiger partial charge >= 0.3 is 69.7 Å². The van der Waals surface area contributed by atoms with Crippen molar-refractivity contribution in [2.24, 2.45) is 5.11 Å². The molecule has 17 nitrogen and oxygen atoms in total. The molecule has 406 valence electrons. The molecule has 3 aliphatic rings. The molecule has 2 heterocycles. The summed E-state index contributed by atoms with van der Waals surface area (Å²) in [6, 6.07) is 22.0. The van der Waals surface area contributed by atoms with Crippen LogP contribution in [-0.2, 0) is 50.6 Å². The van der Waals surface area contributed by atoms with Crippen LogP contribution in [0.1, 0.15) is 116 Å². The fraction of sp³-hybridized carbons (Fsp3) is 0.500. The van der Waals surface area contributed by atoms with Gasteiger partial charge in [0.05, 0.1) is 44.5 Å². The molecule has 2 aliphatic heterocycles. The Morgan fingerprint density at radius 1 is 0.883 bits per heavy atom. The zero-order valence-electron chi connectivity index (χ0n) is 46.3. The number of allylic oxidation sites excluding steroid dienone is 7. The molecule has 21 heteroatoms. The van der Waals surface area contributed by atoms with Crippen molar-refractivity contribution in [3.8, 4) is 5.75 Å². The first-order valence-electron chi connectivity index (χ1n) is 25.8. The number of unbranched alkanes of at least 4 members (excludes halogenated alkanes) is 4. The van der Waals surface area contributed by atoms with E-state index in [1.807, 2.05) is 6.07 Å². The van der Waals surface area contributed by atoms with E-state index in [9.17, 15) is 17.8 Å². The summed E-state index contributed by atoms with van der Waals surface area (Å²) in [5, 5.41) is 6.37. The molecule has 1 N–H and O–H groups in total. The minimum atomic E-state index is -4.62. The SMILES string of the molecule is CCCCC[N+]1=C(/C=C/C2=C(Oc3ccc(S(=O)(=O)[O-])cc3)C(=C/C=C3/N(CCCCCC(=O)NCCOCCOCCOCCN=[N+]=[N-])c4ccc(C)cc4C3(C)C)/CCC2)C(C)(C)c2c[c-]ccc21.O=S(=O)=O.[Na+].[Na+]. The second-order valence-electron chi connectivity index (χ2n) is 19.6. The standard InChI is InChI=1S/C56H74N6O8S.2Na.O3S/c1-7-8-13-33-61-49-19-12-11-18-47(49)55(3,4)51(61)29-22-43-16-15-17-44(54(43)70-45-24-26-46(27-25-45)71(64,65)66)23-30-52-56(5,6)48-41-42(2)21-28-50(48)62(52)34-14-9-10-20-53(63)58-31-35-67-37-39-69-40-38-68-36-32-59-60-57;;;1-4(2)3/h12,18-19,21-30,41H,7-10,13-17,20,31-40H2,1-6H3,(H,58,63)(H,64,65,66);;;/q;2*+1;/p-1. The number of carbonyl (C=O) groups is 1. The van der Waals surface area contributed by atoms with Crippen molar-refractivity contribution in [1.29, 1.82) is 0 Å². The average Bonchev–Trinajstić information content (AvgIpc) is 3.72. The molecule has 3 aromatic carbocycles. The van der Waals surface area contributed by atoms with Gasteiger partial charge in [0.2, 0.25) is 5.91 Å². The fourth-order valence-corrected chi connectivity index (χ4v) is 10.1. The first kappa shape index (κ1) is 67.4. The molecule has 77 heavy (non-hydrogen) atoms. The van der Waals surface area contributed by atoms with Crippen molar-refractivity contribution >= 4 is 43.7 Å². The maximum Gasteiger partial charge on any atom is 1.00 e. The molecule has 0 saturated heterocycles. The summed E-state index contributed by atoms with van der Waals surface area (Å²) in [5.41, 5.74) is 18.4. The van der Waals surface area contributed by atoms with E-state index >= 15 is 0 Å². The molecule has 0 aromatic heterocycles. The van der Waals surface area contributed by atoms with Crippen molar-refractivity contribution in [2.45, 2.75) is 121 Å². The topological polar surface area (TPSA) is 229 Å². The second kappa shape index (κ2) is 33.6. The zero-order valence-corrected chi connectivity index (χ0v) is 51.9. The number of nitrogens with one attached hydrogen (secondary N) is 1. The number of rotatable bonds is 28. The van der Waals surface area contributed by atoms with Crippen LogP contribution in [0.25, 0.3) is 10.4 Å². The Kier molecular flexibility index (Phi) is 29.4. The molecule has 0 bridgehead atoms. The number of ether oxygens (including phenoxy) is 4. The third-order valence-electron chi connectivity index (χ3n) is 13.5. The van der Waals surface area contributed by atoms with Crippen molar-refractivity contribution < 1.29 is 113 Å². The molecular weight excluding hydrogens is 1040 g/mol. The molecule has 1 aliphatic carbocycles. The number of carbonyl (C=O) groups excluding carboxylic acids is 1. The zero-order chi connectivity index (χ0) is 54.4. The monoisotopic (exact) mass is 1120 g/mol. The molecule has 0 spiro atoms. The quantitative estimate of drug-likeness (QED) is 0.0159. The van der Waals surface area contributed by atoms with Gasteiger partial charge in [0.25, 0.3) is 0 Å². The van der Waals surface area contributed by atoms with Gasteiger partial charge in [0, 0.05) is 65.7 Å². The molecule has 0 fully saturated rings. The van der Waals surface area contributed by atoms with Crippen LogP contribution in [-0.4, -0.2) is 108 Å². The van der Waals surface area contributed by atoms with Gasteiger partial charge in [-0.25, -0.2) is 13.0 Å². The van der Waals surface area contributed by atoms with Crippen LogP contribution in [0.5, 0.6) is 5.75 Å². The van der Waals surface area contributed by atoms with Crippen LogP contribution in [0.2, 0.25) is 0 Å². The first-order chi connectivity index (χ1) is 35.9. The van der Waals surface area contributed by atoms with E-state index in [1.54, 1.807) is 12.1 Å². The van der Waals surface area contributed by atoms with Crippen LogP contribution < -0.4 is 74.1 Å². The van der Waals surface area contributed by atoms with E-state index < -0.39 is 20.7 Å². The predicted octanol–water partition coefficient (Wildman–Crippen LogP) is 3.99. The van der Waals surface area contributed by atoms with E-state index in [2.05, 4.69) is 127 Å². The van der Waals surface area contributed by atoms with Gasteiger partial charge in [0.15, 0.2) is 5.71 Å². The summed E-state index contributed by atoms with van der Waals surface area (Å²) in [4.78, 5) is 17.5. The Balaban J connectivity index is 0.00000251. The predicted molar refractivity (Wildman–Crippen MR) is 288 cm³/mol. The van der Waals surface area contributed by atoms with Crippen molar-refractivity contribution in [3.05, 3.63) is 141 Å². The molecule has 1 amide bonds. The Morgan fingerprint density at radius 3 is 2.25 bits per heavy atom. The summed E-state index contributed by atoms with van der Waals surface area (Å²) < 4.78 is 86.5. The minimum absolute atomic E-state index is 0. The number of nitrogens with zero attached hydrogens (tertiary/aromatic N) is 5. The summed E-state index contributed by atoms with van der Waals surface area (Å²) >= 11 is 0. The summed E-state index contributed by atoms with van der Waals surface area (Å²) in [6.07, 6.45) is 17.8. The number of anilines is 1. The molecule has 0 radical (unpaired) electrons. The number of fused-ring (bicyclic) bond motifs is 2. The van der Waals surface area contributed by atoms with E-state index in [0.717, 1.165) is 87.8 Å². The summed E-state index contributed by atoms with van der Waals surface area (Å²) in [5.74, 6) is 1.19. The number of aryl methyl sites for hydroxylation is 1. The largest absolute Gasteiger partial charge is 1.00 e. The Bertz CT molecular complexity index is 2880. The third-order valence-corrected chi connectivity index (χ3v) is 14.3. The van der Waals surface area contributed by atoms with Gasteiger partial charge in [-0.15, -0.1) is 18.7 Å². The number of hydrogen-bond acceptors (Lipinski definition) is 13. The average molecular weight is 1120 g/mol. The Labute approximate surface area is 501 Å². The van der Waals surface area contributed by atoms with Crippen molar-refractivity contribution in [3.63, 3.8) is 0 Å². The van der Waals surface area contributed by atoms with Crippen LogP contribution in [0.4, 0.5) is 11.4 Å². The van der Waals surface area contributed by atoms with Crippen LogP contribution in [0.3, 0.4) is 0 Å². The Morgan fingerprint density at radius 2 is 1.57 bits per heavy atom. The molecule has 6 rings (SSSR count). The van der Waals surface area contributed by atoms with E-state index in [4.69, 9.17) is 37.1 Å². The van der Waals surface area contributed by atoms with E-state index in [1.165, 1.54) is 51.6 Å². The number of amides is 1. The van der Waals surface area contributed by atoms with Crippen LogP contribution in [0.15, 0.2) is 118 Å². The molecule has 0 saturated carbocycles.